The third-order valence-electron chi connectivity index (χ3n) is 5.61. The minimum absolute atomic E-state index is 0.183. The van der Waals surface area contributed by atoms with Crippen molar-refractivity contribution < 1.29 is 9.53 Å². The molecular weight excluding hydrogens is 378 g/mol. The van der Waals surface area contributed by atoms with Crippen LogP contribution in [0.2, 0.25) is 0 Å². The fourth-order valence-corrected chi connectivity index (χ4v) is 3.80. The molecule has 1 amide bonds. The summed E-state index contributed by atoms with van der Waals surface area (Å²) in [7, 11) is 1.58. The number of nitrogens with one attached hydrogen (secondary N) is 1. The number of ether oxygens (including phenoxy) is 1. The molecule has 6 heteroatoms. The molecule has 156 valence electrons. The van der Waals surface area contributed by atoms with Crippen LogP contribution in [0.25, 0.3) is 11.0 Å². The number of rotatable bonds is 8. The molecule has 0 atom stereocenters. The lowest BCUT2D eigenvalue weighted by Crippen LogP contribution is -2.36. The first-order chi connectivity index (χ1) is 14.6. The first-order valence-electron chi connectivity index (χ1n) is 10.4. The Hall–Kier alpha value is -2.99. The molecule has 30 heavy (non-hydrogen) atoms. The van der Waals surface area contributed by atoms with Crippen molar-refractivity contribution in [2.24, 2.45) is 5.92 Å². The van der Waals surface area contributed by atoms with Gasteiger partial charge in [0, 0.05) is 26.4 Å². The number of carbonyl (C=O) groups excluding carboxylic acids is 1. The van der Waals surface area contributed by atoms with E-state index >= 15 is 0 Å². The number of aryl methyl sites for hydroxylation is 1. The zero-order valence-electron chi connectivity index (χ0n) is 17.5. The summed E-state index contributed by atoms with van der Waals surface area (Å²) in [6.07, 6.45) is 4.84. The SMILES string of the molecule is COCCNC(=O)c1c(C)c2ncc(Cc3ccccc3)cc2n(CC2CC2)c1=O. The van der Waals surface area contributed by atoms with E-state index < -0.39 is 0 Å². The van der Waals surface area contributed by atoms with E-state index in [2.05, 4.69) is 28.5 Å². The molecule has 4 rings (SSSR count). The van der Waals surface area contributed by atoms with Crippen molar-refractivity contribution in [2.45, 2.75) is 32.7 Å². The molecular formula is C24H27N3O3. The van der Waals surface area contributed by atoms with Crippen molar-refractivity contribution >= 4 is 16.9 Å². The standard InChI is InChI=1S/C24H27N3O3/c1-16-21(23(28)25-10-11-30-2)24(29)27(15-18-8-9-18)20-13-19(14-26-22(16)20)12-17-6-4-3-5-7-17/h3-7,13-14,18H,8-12,15H2,1-2H3,(H,25,28). The minimum atomic E-state index is -0.365. The van der Waals surface area contributed by atoms with E-state index in [0.717, 1.165) is 30.3 Å². The molecule has 1 aliphatic carbocycles. The Bertz CT molecular complexity index is 1120. The Morgan fingerprint density at radius 3 is 2.70 bits per heavy atom. The van der Waals surface area contributed by atoms with Gasteiger partial charge in [-0.2, -0.15) is 0 Å². The molecule has 0 unspecified atom stereocenters. The largest absolute Gasteiger partial charge is 0.383 e. The second kappa shape index (κ2) is 8.79. The van der Waals surface area contributed by atoms with Gasteiger partial charge in [-0.3, -0.25) is 14.6 Å². The van der Waals surface area contributed by atoms with Crippen molar-refractivity contribution in [2.75, 3.05) is 20.3 Å². The van der Waals surface area contributed by atoms with Gasteiger partial charge in [-0.05, 0) is 54.9 Å². The van der Waals surface area contributed by atoms with Gasteiger partial charge in [0.1, 0.15) is 5.56 Å². The Morgan fingerprint density at radius 2 is 2.00 bits per heavy atom. The van der Waals surface area contributed by atoms with Crippen LogP contribution in [0.3, 0.4) is 0 Å². The van der Waals surface area contributed by atoms with Crippen LogP contribution in [0.4, 0.5) is 0 Å². The highest BCUT2D eigenvalue weighted by Crippen LogP contribution is 2.31. The molecule has 2 aromatic heterocycles. The van der Waals surface area contributed by atoms with Crippen molar-refractivity contribution in [3.8, 4) is 0 Å². The Morgan fingerprint density at radius 1 is 1.23 bits per heavy atom. The molecule has 1 aromatic carbocycles. The summed E-state index contributed by atoms with van der Waals surface area (Å²) in [4.78, 5) is 30.8. The topological polar surface area (TPSA) is 73.2 Å². The van der Waals surface area contributed by atoms with Gasteiger partial charge in [0.25, 0.3) is 11.5 Å². The summed E-state index contributed by atoms with van der Waals surface area (Å²) in [5.74, 6) is 0.131. The number of pyridine rings is 2. The highest BCUT2D eigenvalue weighted by molar-refractivity contribution is 5.99. The van der Waals surface area contributed by atoms with Crippen molar-refractivity contribution in [1.29, 1.82) is 0 Å². The lowest BCUT2D eigenvalue weighted by molar-refractivity contribution is 0.0934. The zero-order chi connectivity index (χ0) is 21.1. The zero-order valence-corrected chi connectivity index (χ0v) is 17.5. The molecule has 0 bridgehead atoms. The molecule has 3 aromatic rings. The summed E-state index contributed by atoms with van der Waals surface area (Å²) in [5, 5.41) is 2.78. The van der Waals surface area contributed by atoms with E-state index in [9.17, 15) is 9.59 Å². The summed E-state index contributed by atoms with van der Waals surface area (Å²) in [5.41, 5.74) is 4.34. The average Bonchev–Trinajstić information content (AvgIpc) is 3.56. The lowest BCUT2D eigenvalue weighted by atomic mass is 10.0. The van der Waals surface area contributed by atoms with Crippen molar-refractivity contribution in [3.63, 3.8) is 0 Å². The van der Waals surface area contributed by atoms with Gasteiger partial charge < -0.3 is 14.6 Å². The van der Waals surface area contributed by atoms with Crippen LogP contribution in [-0.2, 0) is 17.7 Å². The second-order valence-electron chi connectivity index (χ2n) is 7.98. The highest BCUT2D eigenvalue weighted by atomic mass is 16.5. The molecule has 1 saturated carbocycles. The predicted octanol–water partition coefficient (Wildman–Crippen LogP) is 3.08. The predicted molar refractivity (Wildman–Crippen MR) is 117 cm³/mol. The smallest absolute Gasteiger partial charge is 0.264 e. The monoisotopic (exact) mass is 405 g/mol. The van der Waals surface area contributed by atoms with Crippen molar-refractivity contribution in [1.82, 2.24) is 14.9 Å². The van der Waals surface area contributed by atoms with Crippen LogP contribution >= 0.6 is 0 Å². The minimum Gasteiger partial charge on any atom is -0.383 e. The van der Waals surface area contributed by atoms with Gasteiger partial charge in [0.15, 0.2) is 0 Å². The molecule has 0 spiro atoms. The van der Waals surface area contributed by atoms with Crippen LogP contribution in [0.1, 0.15) is 39.9 Å². The van der Waals surface area contributed by atoms with E-state index in [1.165, 1.54) is 5.56 Å². The second-order valence-corrected chi connectivity index (χ2v) is 7.98. The average molecular weight is 405 g/mol. The number of nitrogens with zero attached hydrogens (tertiary/aromatic N) is 2. The molecule has 0 saturated heterocycles. The first-order valence-corrected chi connectivity index (χ1v) is 10.4. The van der Waals surface area contributed by atoms with Gasteiger partial charge in [-0.15, -0.1) is 0 Å². The van der Waals surface area contributed by atoms with Crippen LogP contribution in [-0.4, -0.2) is 35.7 Å². The van der Waals surface area contributed by atoms with Crippen LogP contribution in [0.15, 0.2) is 47.4 Å². The maximum Gasteiger partial charge on any atom is 0.264 e. The Labute approximate surface area is 175 Å². The van der Waals surface area contributed by atoms with Crippen LogP contribution in [0.5, 0.6) is 0 Å². The van der Waals surface area contributed by atoms with Gasteiger partial charge in [0.2, 0.25) is 0 Å². The van der Waals surface area contributed by atoms with E-state index in [4.69, 9.17) is 4.74 Å². The maximum atomic E-state index is 13.4. The van der Waals surface area contributed by atoms with E-state index in [1.807, 2.05) is 24.4 Å². The first kappa shape index (κ1) is 20.3. The number of carbonyl (C=O) groups is 1. The Kier molecular flexibility index (Phi) is 5.95. The van der Waals surface area contributed by atoms with Gasteiger partial charge in [0.05, 0.1) is 17.6 Å². The van der Waals surface area contributed by atoms with Crippen molar-refractivity contribution in [3.05, 3.63) is 75.2 Å². The molecule has 0 aliphatic heterocycles. The summed E-state index contributed by atoms with van der Waals surface area (Å²) in [6, 6.07) is 12.3. The number of hydrogen-bond donors (Lipinski definition) is 1. The lowest BCUT2D eigenvalue weighted by Gasteiger charge is -2.16. The van der Waals surface area contributed by atoms with E-state index in [-0.39, 0.29) is 17.0 Å². The summed E-state index contributed by atoms with van der Waals surface area (Å²) in [6.45, 7) is 3.19. The fourth-order valence-electron chi connectivity index (χ4n) is 3.80. The molecule has 6 nitrogen and oxygen atoms in total. The fraction of sp³-hybridized carbons (Fsp3) is 0.375. The highest BCUT2D eigenvalue weighted by Gasteiger charge is 2.26. The van der Waals surface area contributed by atoms with Gasteiger partial charge in [-0.25, -0.2) is 0 Å². The quantitative estimate of drug-likeness (QED) is 0.585. The molecule has 1 fully saturated rings. The third-order valence-corrected chi connectivity index (χ3v) is 5.61. The number of amides is 1. The number of aromatic nitrogens is 2. The van der Waals surface area contributed by atoms with Crippen LogP contribution in [0, 0.1) is 12.8 Å². The summed E-state index contributed by atoms with van der Waals surface area (Å²) < 4.78 is 6.75. The Balaban J connectivity index is 1.78. The molecule has 1 N–H and O–H groups in total. The maximum absolute atomic E-state index is 13.4. The number of hydrogen-bond acceptors (Lipinski definition) is 4. The summed E-state index contributed by atoms with van der Waals surface area (Å²) >= 11 is 0. The number of fused-ring (bicyclic) bond motifs is 1. The third kappa shape index (κ3) is 4.28. The number of methoxy groups -OCH3 is 1. The van der Waals surface area contributed by atoms with E-state index in [1.54, 1.807) is 18.6 Å². The van der Waals surface area contributed by atoms with E-state index in [0.29, 0.717) is 36.7 Å². The molecule has 2 heterocycles. The van der Waals surface area contributed by atoms with Gasteiger partial charge >= 0.3 is 0 Å². The van der Waals surface area contributed by atoms with Crippen LogP contribution < -0.4 is 10.9 Å². The molecule has 1 aliphatic rings. The van der Waals surface area contributed by atoms with Gasteiger partial charge in [-0.1, -0.05) is 30.3 Å². The number of benzene rings is 1. The molecule has 0 radical (unpaired) electrons. The normalized spacial score (nSPS) is 13.5.